The molecule has 0 aliphatic rings. The summed E-state index contributed by atoms with van der Waals surface area (Å²) < 4.78 is 7.00. The highest BCUT2D eigenvalue weighted by Gasteiger charge is 2.14. The van der Waals surface area contributed by atoms with Crippen molar-refractivity contribution in [2.45, 2.75) is 39.8 Å². The highest BCUT2D eigenvalue weighted by atomic mass is 127. The molecule has 1 unspecified atom stereocenters. The van der Waals surface area contributed by atoms with Crippen molar-refractivity contribution in [2.24, 2.45) is 12.0 Å². The number of hydrogen-bond acceptors (Lipinski definition) is 4. The second-order valence-corrected chi connectivity index (χ2v) is 6.16. The molecule has 1 atom stereocenters. The van der Waals surface area contributed by atoms with Crippen LogP contribution in [0.3, 0.4) is 0 Å². The van der Waals surface area contributed by atoms with E-state index in [1.807, 2.05) is 23.9 Å². The molecule has 8 heteroatoms. The maximum absolute atomic E-state index is 5.07. The van der Waals surface area contributed by atoms with E-state index < -0.39 is 0 Å². The first-order valence-electron chi connectivity index (χ1n) is 8.39. The molecule has 0 spiro atoms. The molecule has 2 aromatic heterocycles. The molecular formula is C18H29IN6O. The molecule has 2 N–H and O–H groups in total. The summed E-state index contributed by atoms with van der Waals surface area (Å²) in [4.78, 5) is 8.50. The molecule has 0 saturated heterocycles. The number of nitrogens with zero attached hydrogens (tertiary/aromatic N) is 4. The van der Waals surface area contributed by atoms with Crippen LogP contribution in [0.4, 0.5) is 0 Å². The van der Waals surface area contributed by atoms with Crippen molar-refractivity contribution < 1.29 is 4.74 Å². The van der Waals surface area contributed by atoms with Crippen molar-refractivity contribution in [3.05, 3.63) is 40.8 Å². The first kappa shape index (κ1) is 22.2. The Balaban J connectivity index is 0.00000338. The maximum atomic E-state index is 5.07. The van der Waals surface area contributed by atoms with Gasteiger partial charge in [0.15, 0.2) is 5.96 Å². The van der Waals surface area contributed by atoms with Crippen LogP contribution >= 0.6 is 24.0 Å². The number of pyridine rings is 1. The average Bonchev–Trinajstić information content (AvgIpc) is 2.85. The number of rotatable bonds is 6. The van der Waals surface area contributed by atoms with E-state index >= 15 is 0 Å². The van der Waals surface area contributed by atoms with E-state index in [0.717, 1.165) is 23.6 Å². The van der Waals surface area contributed by atoms with Gasteiger partial charge in [0.25, 0.3) is 0 Å². The monoisotopic (exact) mass is 472 g/mol. The van der Waals surface area contributed by atoms with Crippen molar-refractivity contribution in [3.63, 3.8) is 0 Å². The quantitative estimate of drug-likeness (QED) is 0.384. The standard InChI is InChI=1S/C18H28N6O.HI/c1-12(9-16-13(2)23-24(5)14(16)3)22-18(19-4)21-11-15-7-8-17(25-6)20-10-15;/h7-8,10,12H,9,11H2,1-6H3,(H2,19,21,22);1H. The molecule has 0 radical (unpaired) electrons. The lowest BCUT2D eigenvalue weighted by Crippen LogP contribution is -2.42. The lowest BCUT2D eigenvalue weighted by atomic mass is 10.1. The summed E-state index contributed by atoms with van der Waals surface area (Å²) >= 11 is 0. The van der Waals surface area contributed by atoms with Gasteiger partial charge in [-0.2, -0.15) is 5.10 Å². The Kier molecular flexibility index (Phi) is 8.83. The van der Waals surface area contributed by atoms with Gasteiger partial charge in [-0.3, -0.25) is 9.67 Å². The Labute approximate surface area is 172 Å². The fraction of sp³-hybridized carbons (Fsp3) is 0.500. The molecule has 26 heavy (non-hydrogen) atoms. The van der Waals surface area contributed by atoms with Crippen LogP contribution in [0, 0.1) is 13.8 Å². The number of aromatic nitrogens is 3. The van der Waals surface area contributed by atoms with Gasteiger partial charge in [0.1, 0.15) is 0 Å². The summed E-state index contributed by atoms with van der Waals surface area (Å²) in [6.45, 7) is 6.95. The number of methoxy groups -OCH3 is 1. The van der Waals surface area contributed by atoms with Crippen LogP contribution in [0.25, 0.3) is 0 Å². The molecule has 0 bridgehead atoms. The first-order valence-corrected chi connectivity index (χ1v) is 8.39. The summed E-state index contributed by atoms with van der Waals surface area (Å²) in [5.41, 5.74) is 4.65. The third-order valence-corrected chi connectivity index (χ3v) is 4.24. The van der Waals surface area contributed by atoms with Gasteiger partial charge in [0.2, 0.25) is 5.88 Å². The average molecular weight is 472 g/mol. The van der Waals surface area contributed by atoms with Gasteiger partial charge in [0, 0.05) is 44.6 Å². The molecule has 2 aromatic rings. The zero-order valence-corrected chi connectivity index (χ0v) is 18.7. The van der Waals surface area contributed by atoms with Crippen LogP contribution in [0.15, 0.2) is 23.3 Å². The molecule has 0 aliphatic heterocycles. The number of guanidine groups is 1. The second kappa shape index (κ2) is 10.3. The smallest absolute Gasteiger partial charge is 0.212 e. The third kappa shape index (κ3) is 5.86. The number of halogens is 1. The molecule has 0 amide bonds. The number of nitrogens with one attached hydrogen (secondary N) is 2. The van der Waals surface area contributed by atoms with E-state index in [2.05, 4.69) is 46.5 Å². The topological polar surface area (TPSA) is 76.4 Å². The van der Waals surface area contributed by atoms with Crippen molar-refractivity contribution in [1.82, 2.24) is 25.4 Å². The number of ether oxygens (including phenoxy) is 1. The van der Waals surface area contributed by atoms with Crippen LogP contribution in [-0.2, 0) is 20.0 Å². The fourth-order valence-corrected chi connectivity index (χ4v) is 2.72. The highest BCUT2D eigenvalue weighted by Crippen LogP contribution is 2.14. The molecule has 0 aromatic carbocycles. The van der Waals surface area contributed by atoms with Gasteiger partial charge < -0.3 is 15.4 Å². The minimum absolute atomic E-state index is 0. The Bertz CT molecular complexity index is 726. The molecule has 0 aliphatic carbocycles. The molecule has 7 nitrogen and oxygen atoms in total. The van der Waals surface area contributed by atoms with E-state index in [0.29, 0.717) is 12.4 Å². The van der Waals surface area contributed by atoms with E-state index in [1.165, 1.54) is 11.3 Å². The predicted octanol–water partition coefficient (Wildman–Crippen LogP) is 2.35. The largest absolute Gasteiger partial charge is 0.481 e. The second-order valence-electron chi connectivity index (χ2n) is 6.16. The summed E-state index contributed by atoms with van der Waals surface area (Å²) in [7, 11) is 5.36. The van der Waals surface area contributed by atoms with Gasteiger partial charge in [-0.15, -0.1) is 24.0 Å². The fourth-order valence-electron chi connectivity index (χ4n) is 2.72. The van der Waals surface area contributed by atoms with Crippen LogP contribution in [0.2, 0.25) is 0 Å². The van der Waals surface area contributed by atoms with Gasteiger partial charge in [-0.05, 0) is 38.3 Å². The van der Waals surface area contributed by atoms with Crippen molar-refractivity contribution >= 4 is 29.9 Å². The molecule has 2 heterocycles. The Morgan fingerprint density at radius 1 is 1.35 bits per heavy atom. The minimum atomic E-state index is 0. The van der Waals surface area contributed by atoms with Crippen molar-refractivity contribution in [3.8, 4) is 5.88 Å². The predicted molar refractivity (Wildman–Crippen MR) is 115 cm³/mol. The Hall–Kier alpha value is -1.84. The van der Waals surface area contributed by atoms with Crippen molar-refractivity contribution in [1.29, 1.82) is 0 Å². The van der Waals surface area contributed by atoms with E-state index in [-0.39, 0.29) is 30.0 Å². The van der Waals surface area contributed by atoms with Crippen LogP contribution in [0.1, 0.15) is 29.4 Å². The zero-order chi connectivity index (χ0) is 18.4. The van der Waals surface area contributed by atoms with Crippen LogP contribution in [-0.4, -0.2) is 40.9 Å². The maximum Gasteiger partial charge on any atom is 0.212 e. The molecular weight excluding hydrogens is 443 g/mol. The molecule has 2 rings (SSSR count). The number of hydrogen-bond donors (Lipinski definition) is 2. The number of aryl methyl sites for hydroxylation is 2. The van der Waals surface area contributed by atoms with Gasteiger partial charge in [-0.25, -0.2) is 4.98 Å². The van der Waals surface area contributed by atoms with Crippen LogP contribution < -0.4 is 15.4 Å². The molecule has 0 saturated carbocycles. The Morgan fingerprint density at radius 3 is 2.58 bits per heavy atom. The summed E-state index contributed by atoms with van der Waals surface area (Å²) in [5, 5.41) is 11.2. The Morgan fingerprint density at radius 2 is 2.08 bits per heavy atom. The zero-order valence-electron chi connectivity index (χ0n) is 16.3. The molecule has 0 fully saturated rings. The summed E-state index contributed by atoms with van der Waals surface area (Å²) in [6, 6.07) is 4.07. The lowest BCUT2D eigenvalue weighted by Gasteiger charge is -2.18. The van der Waals surface area contributed by atoms with E-state index in [4.69, 9.17) is 4.74 Å². The van der Waals surface area contributed by atoms with Crippen molar-refractivity contribution in [2.75, 3.05) is 14.2 Å². The first-order chi connectivity index (χ1) is 11.9. The van der Waals surface area contributed by atoms with Crippen LogP contribution in [0.5, 0.6) is 5.88 Å². The minimum Gasteiger partial charge on any atom is -0.481 e. The number of aliphatic imine (C=N–C) groups is 1. The molecule has 144 valence electrons. The SMILES string of the molecule is CN=C(NCc1ccc(OC)nc1)NC(C)Cc1c(C)nn(C)c1C.I. The lowest BCUT2D eigenvalue weighted by molar-refractivity contribution is 0.397. The normalized spacial score (nSPS) is 12.3. The summed E-state index contributed by atoms with van der Waals surface area (Å²) in [6.07, 6.45) is 2.70. The van der Waals surface area contributed by atoms with E-state index in [9.17, 15) is 0 Å². The van der Waals surface area contributed by atoms with Gasteiger partial charge >= 0.3 is 0 Å². The third-order valence-electron chi connectivity index (χ3n) is 4.24. The summed E-state index contributed by atoms with van der Waals surface area (Å²) in [5.74, 6) is 1.38. The van der Waals surface area contributed by atoms with Gasteiger partial charge in [0.05, 0.1) is 12.8 Å². The van der Waals surface area contributed by atoms with Gasteiger partial charge in [-0.1, -0.05) is 6.07 Å². The highest BCUT2D eigenvalue weighted by molar-refractivity contribution is 14.0. The van der Waals surface area contributed by atoms with E-state index in [1.54, 1.807) is 20.4 Å².